The first-order chi connectivity index (χ1) is 14.0. The fourth-order valence-electron chi connectivity index (χ4n) is 3.73. The molecule has 7 nitrogen and oxygen atoms in total. The van der Waals surface area contributed by atoms with Crippen LogP contribution in [0.1, 0.15) is 23.5 Å². The van der Waals surface area contributed by atoms with Gasteiger partial charge in [0.2, 0.25) is 11.8 Å². The molecule has 29 heavy (non-hydrogen) atoms. The lowest BCUT2D eigenvalue weighted by molar-refractivity contribution is -0.126. The molecule has 1 unspecified atom stereocenters. The molecule has 1 fully saturated rings. The highest BCUT2D eigenvalue weighted by Gasteiger charge is 2.30. The minimum Gasteiger partial charge on any atom is -0.354 e. The smallest absolute Gasteiger partial charge is 0.228 e. The highest BCUT2D eigenvalue weighted by Crippen LogP contribution is 2.32. The van der Waals surface area contributed by atoms with Crippen LogP contribution in [0.2, 0.25) is 0 Å². The molecular formula is C21H24FN5O2. The van der Waals surface area contributed by atoms with Crippen LogP contribution in [0.3, 0.4) is 0 Å². The van der Waals surface area contributed by atoms with E-state index >= 15 is 0 Å². The quantitative estimate of drug-likeness (QED) is 0.822. The molecule has 0 bridgehead atoms. The van der Waals surface area contributed by atoms with Gasteiger partial charge in [-0.1, -0.05) is 12.1 Å². The Balaban J connectivity index is 1.38. The molecule has 1 saturated heterocycles. The number of anilines is 2. The van der Waals surface area contributed by atoms with Crippen LogP contribution in [0.4, 0.5) is 15.9 Å². The number of fused-ring (bicyclic) bond motifs is 1. The number of halogens is 1. The number of piperazine rings is 1. The van der Waals surface area contributed by atoms with Gasteiger partial charge in [-0.25, -0.2) is 9.37 Å². The Morgan fingerprint density at radius 2 is 2.03 bits per heavy atom. The molecular weight excluding hydrogens is 373 g/mol. The van der Waals surface area contributed by atoms with Crippen molar-refractivity contribution >= 4 is 23.3 Å². The SMILES string of the molecule is CN1CCN(c2ccc(CNC(=O)C3CC(=O)Nc4cc(F)ccc43)cn2)CC1. The Bertz CT molecular complexity index is 910. The minimum absolute atomic E-state index is 0.0467. The van der Waals surface area contributed by atoms with Crippen molar-refractivity contribution in [1.29, 1.82) is 0 Å². The Kier molecular flexibility index (Phi) is 5.44. The molecule has 1 aromatic carbocycles. The number of likely N-dealkylation sites (N-methyl/N-ethyl adjacent to an activating group) is 1. The van der Waals surface area contributed by atoms with Crippen LogP contribution in [-0.4, -0.2) is 54.9 Å². The number of nitrogens with zero attached hydrogens (tertiary/aromatic N) is 3. The fraction of sp³-hybridized carbons (Fsp3) is 0.381. The van der Waals surface area contributed by atoms with Crippen molar-refractivity contribution in [3.05, 3.63) is 53.5 Å². The molecule has 8 heteroatoms. The molecule has 1 atom stereocenters. The summed E-state index contributed by atoms with van der Waals surface area (Å²) >= 11 is 0. The van der Waals surface area contributed by atoms with Gasteiger partial charge < -0.3 is 20.4 Å². The number of benzene rings is 1. The number of hydrogen-bond donors (Lipinski definition) is 2. The predicted molar refractivity (Wildman–Crippen MR) is 108 cm³/mol. The summed E-state index contributed by atoms with van der Waals surface area (Å²) in [6, 6.07) is 8.03. The molecule has 0 aliphatic carbocycles. The number of amides is 2. The van der Waals surface area contributed by atoms with Gasteiger partial charge in [0.15, 0.2) is 0 Å². The van der Waals surface area contributed by atoms with Crippen LogP contribution < -0.4 is 15.5 Å². The fourth-order valence-corrected chi connectivity index (χ4v) is 3.73. The number of hydrogen-bond acceptors (Lipinski definition) is 5. The van der Waals surface area contributed by atoms with Crippen molar-refractivity contribution in [1.82, 2.24) is 15.2 Å². The maximum atomic E-state index is 13.4. The van der Waals surface area contributed by atoms with E-state index in [1.54, 1.807) is 12.3 Å². The Hall–Kier alpha value is -3.00. The second kappa shape index (κ2) is 8.16. The summed E-state index contributed by atoms with van der Waals surface area (Å²) in [5.41, 5.74) is 1.88. The van der Waals surface area contributed by atoms with E-state index in [-0.39, 0.29) is 18.2 Å². The average molecular weight is 397 g/mol. The Labute approximate surface area is 168 Å². The lowest BCUT2D eigenvalue weighted by atomic mass is 9.89. The number of aromatic nitrogens is 1. The zero-order valence-corrected chi connectivity index (χ0v) is 16.3. The maximum absolute atomic E-state index is 13.4. The molecule has 2 amide bonds. The lowest BCUT2D eigenvalue weighted by Gasteiger charge is -2.33. The maximum Gasteiger partial charge on any atom is 0.228 e. The summed E-state index contributed by atoms with van der Waals surface area (Å²) in [7, 11) is 2.11. The zero-order valence-electron chi connectivity index (χ0n) is 16.3. The first-order valence-corrected chi connectivity index (χ1v) is 9.75. The first-order valence-electron chi connectivity index (χ1n) is 9.75. The van der Waals surface area contributed by atoms with Crippen LogP contribution in [0.25, 0.3) is 0 Å². The molecule has 152 valence electrons. The highest BCUT2D eigenvalue weighted by molar-refractivity contribution is 6.01. The summed E-state index contributed by atoms with van der Waals surface area (Å²) < 4.78 is 13.4. The van der Waals surface area contributed by atoms with Gasteiger partial charge in [0, 0.05) is 51.0 Å². The van der Waals surface area contributed by atoms with Crippen molar-refractivity contribution in [2.45, 2.75) is 18.9 Å². The van der Waals surface area contributed by atoms with Crippen molar-refractivity contribution in [3.63, 3.8) is 0 Å². The van der Waals surface area contributed by atoms with Crippen LogP contribution >= 0.6 is 0 Å². The number of nitrogens with one attached hydrogen (secondary N) is 2. The van der Waals surface area contributed by atoms with Crippen LogP contribution in [0.15, 0.2) is 36.5 Å². The molecule has 2 aromatic rings. The van der Waals surface area contributed by atoms with Gasteiger partial charge in [-0.05, 0) is 36.4 Å². The minimum atomic E-state index is -0.628. The van der Waals surface area contributed by atoms with E-state index in [4.69, 9.17) is 0 Å². The molecule has 2 aliphatic rings. The Morgan fingerprint density at radius 1 is 1.24 bits per heavy atom. The highest BCUT2D eigenvalue weighted by atomic mass is 19.1. The molecule has 2 aliphatic heterocycles. The van der Waals surface area contributed by atoms with Crippen molar-refractivity contribution in [3.8, 4) is 0 Å². The number of carbonyl (C=O) groups is 2. The van der Waals surface area contributed by atoms with Gasteiger partial charge in [0.1, 0.15) is 11.6 Å². The number of rotatable bonds is 4. The van der Waals surface area contributed by atoms with E-state index in [9.17, 15) is 14.0 Å². The van der Waals surface area contributed by atoms with Crippen molar-refractivity contribution in [2.24, 2.45) is 0 Å². The van der Waals surface area contributed by atoms with Crippen molar-refractivity contribution < 1.29 is 14.0 Å². The zero-order chi connectivity index (χ0) is 20.4. The summed E-state index contributed by atoms with van der Waals surface area (Å²) in [6.07, 6.45) is 1.82. The normalized spacial score (nSPS) is 19.4. The second-order valence-electron chi connectivity index (χ2n) is 7.57. The molecule has 0 radical (unpaired) electrons. The number of pyridine rings is 1. The van der Waals surface area contributed by atoms with Gasteiger partial charge >= 0.3 is 0 Å². The average Bonchev–Trinajstić information content (AvgIpc) is 2.72. The summed E-state index contributed by atoms with van der Waals surface area (Å²) in [5, 5.41) is 5.50. The molecule has 3 heterocycles. The molecule has 4 rings (SSSR count). The van der Waals surface area contributed by atoms with Crippen LogP contribution in [-0.2, 0) is 16.1 Å². The molecule has 1 aromatic heterocycles. The lowest BCUT2D eigenvalue weighted by Crippen LogP contribution is -2.44. The monoisotopic (exact) mass is 397 g/mol. The third-order valence-electron chi connectivity index (χ3n) is 5.47. The summed E-state index contributed by atoms with van der Waals surface area (Å²) in [4.78, 5) is 33.7. The third kappa shape index (κ3) is 4.37. The van der Waals surface area contributed by atoms with Gasteiger partial charge in [-0.2, -0.15) is 0 Å². The molecule has 0 saturated carbocycles. The van der Waals surface area contributed by atoms with E-state index in [0.29, 0.717) is 17.8 Å². The van der Waals surface area contributed by atoms with Gasteiger partial charge in [0.05, 0.1) is 5.92 Å². The predicted octanol–water partition coefficient (Wildman–Crippen LogP) is 1.71. The van der Waals surface area contributed by atoms with E-state index in [1.165, 1.54) is 12.1 Å². The first kappa shape index (κ1) is 19.3. The second-order valence-corrected chi connectivity index (χ2v) is 7.57. The third-order valence-corrected chi connectivity index (χ3v) is 5.47. The van der Waals surface area contributed by atoms with E-state index in [1.807, 2.05) is 12.1 Å². The van der Waals surface area contributed by atoms with Gasteiger partial charge in [-0.3, -0.25) is 9.59 Å². The van der Waals surface area contributed by atoms with Gasteiger partial charge in [0.25, 0.3) is 0 Å². The van der Waals surface area contributed by atoms with E-state index < -0.39 is 11.7 Å². The topological polar surface area (TPSA) is 77.6 Å². The largest absolute Gasteiger partial charge is 0.354 e. The van der Waals surface area contributed by atoms with E-state index in [0.717, 1.165) is 37.6 Å². The standard InChI is InChI=1S/C21H24FN5O2/c1-26-6-8-27(9-7-26)19-5-2-14(12-23-19)13-24-21(29)17-11-20(28)25-18-10-15(22)3-4-16(17)18/h2-5,10,12,17H,6-9,11,13H2,1H3,(H,24,29)(H,25,28). The van der Waals surface area contributed by atoms with Gasteiger partial charge in [-0.15, -0.1) is 0 Å². The Morgan fingerprint density at radius 3 is 2.76 bits per heavy atom. The van der Waals surface area contributed by atoms with Crippen molar-refractivity contribution in [2.75, 3.05) is 43.4 Å². The molecule has 0 spiro atoms. The van der Waals surface area contributed by atoms with E-state index in [2.05, 4.69) is 32.5 Å². The van der Waals surface area contributed by atoms with Crippen LogP contribution in [0, 0.1) is 5.82 Å². The number of carbonyl (C=O) groups excluding carboxylic acids is 2. The summed E-state index contributed by atoms with van der Waals surface area (Å²) in [5.74, 6) is -0.682. The summed E-state index contributed by atoms with van der Waals surface area (Å²) in [6.45, 7) is 4.25. The molecule has 2 N–H and O–H groups in total. The van der Waals surface area contributed by atoms with Crippen LogP contribution in [0.5, 0.6) is 0 Å².